The SMILES string of the molecule is Cc1ccc(-c2cccnc2)cc1-c1ccc2ccc3cc(-c4ccnc(-c5ccc(-c6ccc7ccc8cc(-c9ccnc(C%10=CC=C(c%11ccc%12ccc%13ccc(-c%14cccc(-c%15ccc%16ccc%17cccc%18ccc%15c%16c%17%18)c%14)nc%13c%12n%11)CC=C%10)c9)c(C9=CC=CC(c%10ccc%11c%12c(cccc%10%12)-c%10ccccc%10-%11)C9C)nc8c7n6)cc5)c4)c(-c4cccc(-c5ccc6c7c(cccc57)-c5ccccc5-6)c4)nc3c2n1. The van der Waals surface area contributed by atoms with Crippen LogP contribution in [0, 0.1) is 12.8 Å². The number of benzene rings is 17. The first-order chi connectivity index (χ1) is 72.6. The Bertz CT molecular complexity index is 10300. The molecule has 0 radical (unpaired) electrons. The van der Waals surface area contributed by atoms with Crippen molar-refractivity contribution in [1.82, 2.24) is 44.9 Å². The van der Waals surface area contributed by atoms with Crippen molar-refractivity contribution in [3.63, 3.8) is 0 Å². The number of hydrogen-bond donors (Lipinski definition) is 0. The molecule has 0 N–H and O–H groups in total. The zero-order valence-corrected chi connectivity index (χ0v) is 80.2. The lowest BCUT2D eigenvalue weighted by atomic mass is 9.75. The largest absolute Gasteiger partial charge is 0.264 e. The Morgan fingerprint density at radius 2 is 0.714 bits per heavy atom. The molecule has 0 aliphatic heterocycles. The van der Waals surface area contributed by atoms with Crippen molar-refractivity contribution in [2.24, 2.45) is 5.92 Å². The van der Waals surface area contributed by atoms with Crippen molar-refractivity contribution < 1.29 is 0 Å². The first kappa shape index (κ1) is 83.7. The number of fused-ring (bicyclic) bond motifs is 15. The number of aryl methyl sites for hydroxylation is 1. The third-order valence-corrected chi connectivity index (χ3v) is 31.5. The van der Waals surface area contributed by atoms with Gasteiger partial charge in [-0.3, -0.25) is 15.0 Å². The average molecular weight is 1870 g/mol. The number of nitrogens with zero attached hydrogens (tertiary/aromatic N) is 9. The van der Waals surface area contributed by atoms with Gasteiger partial charge in [0.15, 0.2) is 0 Å². The zero-order valence-electron chi connectivity index (χ0n) is 80.2. The third-order valence-electron chi connectivity index (χ3n) is 31.5. The van der Waals surface area contributed by atoms with Crippen molar-refractivity contribution in [2.75, 3.05) is 0 Å². The monoisotopic (exact) mass is 1870 g/mol. The Morgan fingerprint density at radius 3 is 1.39 bits per heavy atom. The maximum Gasteiger partial charge on any atom is 0.0972 e. The van der Waals surface area contributed by atoms with Crippen molar-refractivity contribution in [3.8, 4) is 156 Å². The Morgan fingerprint density at radius 1 is 0.252 bits per heavy atom. The zero-order chi connectivity index (χ0) is 96.7. The van der Waals surface area contributed by atoms with E-state index in [9.17, 15) is 0 Å². The molecule has 30 rings (SSSR count). The van der Waals surface area contributed by atoms with E-state index < -0.39 is 0 Å². The van der Waals surface area contributed by atoms with Gasteiger partial charge in [0.1, 0.15) is 0 Å². The van der Waals surface area contributed by atoms with Gasteiger partial charge >= 0.3 is 0 Å². The Balaban J connectivity index is 0.499. The number of aromatic nitrogens is 9. The highest BCUT2D eigenvalue weighted by atomic mass is 14.8. The molecule has 9 aromatic heterocycles. The van der Waals surface area contributed by atoms with Gasteiger partial charge in [0.25, 0.3) is 0 Å². The minimum atomic E-state index is 0.00427. The van der Waals surface area contributed by atoms with Gasteiger partial charge in [-0.25, -0.2) is 29.9 Å². The standard InChI is InChI=1S/C138H85N9/c1-79-34-35-92(101-23-14-68-139-78-101)73-118(79)124-65-55-91-47-48-99-74-119(131(146-136(99)135(91)145-124)98-22-10-20-94(72-98)105-58-60-116-108-26-5-3-24-106(108)112-31-12-30-111(105)129(112)116)95-66-69-141-126(76-95)84-40-38-83(39-41-84)122-63-53-90-46-49-100-75-120(138(147-137(100)134(90)143-122)103-29-11-28-102(80(103)2)110-59-61-117-109-27-6-4-25-107(109)113-32-13-33-114(110)130(113)117)96-67-70-140-125(77-96)82-16-7-15-81(36-37-82)121-62-52-88-44-45-89-54-64-123(144-133(89)132(88)142-121)97-21-9-19-93(71-97)104-56-50-87-43-42-85-17-8-18-86-51-57-115(104)128(87)127(85)86/h3-14,16-78,80,102H,15H2,1-2H3. The van der Waals surface area contributed by atoms with Gasteiger partial charge in [0.2, 0.25) is 0 Å². The summed E-state index contributed by atoms with van der Waals surface area (Å²) in [4.78, 5) is 48.9. The predicted molar refractivity (Wildman–Crippen MR) is 610 cm³/mol. The summed E-state index contributed by atoms with van der Waals surface area (Å²) in [5.41, 5.74) is 43.7. The summed E-state index contributed by atoms with van der Waals surface area (Å²) in [6.45, 7) is 4.54. The van der Waals surface area contributed by atoms with Gasteiger partial charge in [-0.05, 0) is 269 Å². The lowest BCUT2D eigenvalue weighted by Gasteiger charge is -2.29. The Kier molecular flexibility index (Phi) is 18.9. The van der Waals surface area contributed by atoms with E-state index in [1.54, 1.807) is 0 Å². The minimum Gasteiger partial charge on any atom is -0.264 e. The van der Waals surface area contributed by atoms with Crippen LogP contribution in [0.5, 0.6) is 0 Å². The fraction of sp³-hybridized carbons (Fsp3) is 0.0362. The van der Waals surface area contributed by atoms with Gasteiger partial charge < -0.3 is 0 Å². The van der Waals surface area contributed by atoms with E-state index in [0.29, 0.717) is 6.42 Å². The number of pyridine rings is 9. The highest BCUT2D eigenvalue weighted by Gasteiger charge is 2.33. The van der Waals surface area contributed by atoms with Crippen LogP contribution in [0.4, 0.5) is 0 Å². The lowest BCUT2D eigenvalue weighted by Crippen LogP contribution is -2.14. The first-order valence-electron chi connectivity index (χ1n) is 50.5. The maximum atomic E-state index is 6.00. The molecular weight excluding hydrogens is 1780 g/mol. The molecule has 4 aliphatic rings. The number of allylic oxidation sites excluding steroid dienone is 10. The molecule has 9 heterocycles. The van der Waals surface area contributed by atoms with Crippen LogP contribution >= 0.6 is 0 Å². The van der Waals surface area contributed by atoms with Crippen LogP contribution in [-0.2, 0) is 0 Å². The Hall–Kier alpha value is -19.1. The summed E-state index contributed by atoms with van der Waals surface area (Å²) in [6.07, 6.45) is 24.1. The fourth-order valence-electron chi connectivity index (χ4n) is 24.2. The van der Waals surface area contributed by atoms with Crippen LogP contribution < -0.4 is 0 Å². The molecule has 9 nitrogen and oxygen atoms in total. The molecule has 0 saturated carbocycles. The number of rotatable bonds is 14. The molecule has 2 atom stereocenters. The van der Waals surface area contributed by atoms with E-state index in [-0.39, 0.29) is 11.8 Å². The van der Waals surface area contributed by atoms with E-state index in [4.69, 9.17) is 39.9 Å². The van der Waals surface area contributed by atoms with Crippen LogP contribution in [0.25, 0.3) is 292 Å². The van der Waals surface area contributed by atoms with E-state index in [1.165, 1.54) is 115 Å². The molecule has 0 saturated heterocycles. The van der Waals surface area contributed by atoms with Crippen molar-refractivity contribution in [3.05, 3.63) is 484 Å². The molecule has 26 aromatic rings. The summed E-state index contributed by atoms with van der Waals surface area (Å²) < 4.78 is 0. The molecular formula is C138H85N9. The van der Waals surface area contributed by atoms with Gasteiger partial charge in [-0.2, -0.15) is 0 Å². The molecule has 0 amide bonds. The summed E-state index contributed by atoms with van der Waals surface area (Å²) in [5.74, 6) is 0.0353. The molecule has 682 valence electrons. The van der Waals surface area contributed by atoms with Crippen LogP contribution in [0.15, 0.2) is 456 Å². The minimum absolute atomic E-state index is 0.00427. The Labute approximate surface area is 847 Å². The molecule has 0 spiro atoms. The van der Waals surface area contributed by atoms with Crippen molar-refractivity contribution in [2.45, 2.75) is 26.2 Å². The second kappa shape index (κ2) is 33.3. The fourth-order valence-corrected chi connectivity index (χ4v) is 24.2. The van der Waals surface area contributed by atoms with Crippen LogP contribution in [-0.4, -0.2) is 44.9 Å². The maximum absolute atomic E-state index is 6.00. The summed E-state index contributed by atoms with van der Waals surface area (Å²) in [5, 5.41) is 18.8. The smallest absolute Gasteiger partial charge is 0.0972 e. The van der Waals surface area contributed by atoms with E-state index >= 15 is 0 Å². The average Bonchev–Trinajstić information content (AvgIpc) is 1.63. The predicted octanol–water partition coefficient (Wildman–Crippen LogP) is 35.4. The quantitative estimate of drug-likeness (QED) is 0.0981. The van der Waals surface area contributed by atoms with Gasteiger partial charge in [0.05, 0.1) is 78.7 Å². The molecule has 0 fully saturated rings. The van der Waals surface area contributed by atoms with E-state index in [1.807, 2.05) is 30.9 Å². The highest BCUT2D eigenvalue weighted by Crippen LogP contribution is 2.55. The van der Waals surface area contributed by atoms with Gasteiger partial charge in [-0.15, -0.1) is 0 Å². The van der Waals surface area contributed by atoms with Crippen LogP contribution in [0.2, 0.25) is 0 Å². The lowest BCUT2D eigenvalue weighted by molar-refractivity contribution is 0.655. The second-order valence-electron chi connectivity index (χ2n) is 39.7. The molecule has 4 aliphatic carbocycles. The molecule has 147 heavy (non-hydrogen) atoms. The number of hydrogen-bond acceptors (Lipinski definition) is 9. The van der Waals surface area contributed by atoms with Gasteiger partial charge in [0, 0.05) is 108 Å². The molecule has 2 unspecified atom stereocenters. The summed E-state index contributed by atoms with van der Waals surface area (Å²) in [6, 6.07) is 142. The van der Waals surface area contributed by atoms with Crippen LogP contribution in [0.3, 0.4) is 0 Å². The molecule has 17 aromatic carbocycles. The van der Waals surface area contributed by atoms with E-state index in [0.717, 1.165) is 206 Å². The normalized spacial score (nSPS) is 14.1. The van der Waals surface area contributed by atoms with Crippen LogP contribution in [0.1, 0.15) is 47.5 Å². The van der Waals surface area contributed by atoms with Gasteiger partial charge in [-0.1, -0.05) is 353 Å². The molecule has 9 heteroatoms. The summed E-state index contributed by atoms with van der Waals surface area (Å²) >= 11 is 0. The topological polar surface area (TPSA) is 116 Å². The van der Waals surface area contributed by atoms with Crippen molar-refractivity contribution in [1.29, 1.82) is 0 Å². The molecule has 0 bridgehead atoms. The highest BCUT2D eigenvalue weighted by molar-refractivity contribution is 6.26. The first-order valence-corrected chi connectivity index (χ1v) is 50.5. The second-order valence-corrected chi connectivity index (χ2v) is 39.7. The van der Waals surface area contributed by atoms with Crippen molar-refractivity contribution >= 4 is 136 Å². The third kappa shape index (κ3) is 13.6. The summed E-state index contributed by atoms with van der Waals surface area (Å²) in [7, 11) is 0. The van der Waals surface area contributed by atoms with E-state index in [2.05, 4.69) is 444 Å².